The monoisotopic (exact) mass is 237 g/mol. The molecule has 1 aliphatic carbocycles. The highest BCUT2D eigenvalue weighted by Crippen LogP contribution is 2.32. The van der Waals surface area contributed by atoms with Gasteiger partial charge in [-0.2, -0.15) is 4.98 Å². The van der Waals surface area contributed by atoms with Crippen molar-refractivity contribution in [2.75, 3.05) is 0 Å². The third-order valence-corrected chi connectivity index (χ3v) is 3.49. The van der Waals surface area contributed by atoms with Crippen LogP contribution in [0.3, 0.4) is 0 Å². The fraction of sp³-hybridized carbons (Fsp3) is 0.846. The second kappa shape index (κ2) is 5.17. The Kier molecular flexibility index (Phi) is 3.82. The lowest BCUT2D eigenvalue weighted by Gasteiger charge is -2.23. The van der Waals surface area contributed by atoms with Crippen molar-refractivity contribution in [1.82, 2.24) is 10.1 Å². The second-order valence-electron chi connectivity index (χ2n) is 5.68. The average molecular weight is 237 g/mol. The molecule has 1 heterocycles. The van der Waals surface area contributed by atoms with Crippen LogP contribution in [0.15, 0.2) is 4.52 Å². The summed E-state index contributed by atoms with van der Waals surface area (Å²) in [4.78, 5) is 4.48. The van der Waals surface area contributed by atoms with E-state index in [1.54, 1.807) is 0 Å². The Bertz CT molecular complexity index is 351. The highest BCUT2D eigenvalue weighted by Gasteiger charge is 2.33. The van der Waals surface area contributed by atoms with Crippen molar-refractivity contribution in [3.8, 4) is 0 Å². The molecular formula is C13H23N3O. The van der Waals surface area contributed by atoms with Crippen LogP contribution in [0.25, 0.3) is 0 Å². The topological polar surface area (TPSA) is 64.9 Å². The molecule has 0 spiro atoms. The molecule has 2 rings (SSSR count). The fourth-order valence-corrected chi connectivity index (χ4v) is 2.47. The molecule has 0 bridgehead atoms. The molecular weight excluding hydrogens is 214 g/mol. The molecule has 96 valence electrons. The van der Waals surface area contributed by atoms with Crippen molar-refractivity contribution in [3.63, 3.8) is 0 Å². The quantitative estimate of drug-likeness (QED) is 0.821. The van der Waals surface area contributed by atoms with Gasteiger partial charge in [-0.1, -0.05) is 44.7 Å². The van der Waals surface area contributed by atoms with Gasteiger partial charge in [-0.05, 0) is 18.8 Å². The number of hydrogen-bond donors (Lipinski definition) is 1. The van der Waals surface area contributed by atoms with Crippen molar-refractivity contribution in [1.29, 1.82) is 0 Å². The average Bonchev–Trinajstić information content (AvgIpc) is 2.60. The minimum Gasteiger partial charge on any atom is -0.339 e. The molecule has 1 aromatic heterocycles. The fourth-order valence-electron chi connectivity index (χ4n) is 2.47. The Labute approximate surface area is 103 Å². The van der Waals surface area contributed by atoms with E-state index in [9.17, 15) is 0 Å². The molecule has 1 aliphatic rings. The van der Waals surface area contributed by atoms with Crippen LogP contribution in [-0.2, 0) is 12.0 Å². The zero-order valence-corrected chi connectivity index (χ0v) is 10.9. The van der Waals surface area contributed by atoms with Crippen molar-refractivity contribution < 1.29 is 4.52 Å². The van der Waals surface area contributed by atoms with E-state index in [4.69, 9.17) is 10.3 Å². The second-order valence-corrected chi connectivity index (χ2v) is 5.68. The van der Waals surface area contributed by atoms with Gasteiger partial charge >= 0.3 is 0 Å². The summed E-state index contributed by atoms with van der Waals surface area (Å²) in [5.74, 6) is 1.98. The molecule has 0 aliphatic heterocycles. The highest BCUT2D eigenvalue weighted by molar-refractivity contribution is 5.04. The lowest BCUT2D eigenvalue weighted by atomic mass is 9.91. The van der Waals surface area contributed by atoms with Crippen LogP contribution in [0, 0.1) is 5.92 Å². The maximum atomic E-state index is 6.44. The molecule has 2 N–H and O–H groups in total. The third kappa shape index (κ3) is 3.06. The van der Waals surface area contributed by atoms with E-state index in [0.29, 0.717) is 5.92 Å². The summed E-state index contributed by atoms with van der Waals surface area (Å²) >= 11 is 0. The van der Waals surface area contributed by atoms with Gasteiger partial charge in [0.15, 0.2) is 5.82 Å². The molecule has 0 aromatic carbocycles. The van der Waals surface area contributed by atoms with E-state index >= 15 is 0 Å². The van der Waals surface area contributed by atoms with E-state index in [0.717, 1.165) is 31.0 Å². The van der Waals surface area contributed by atoms with E-state index in [2.05, 4.69) is 24.0 Å². The van der Waals surface area contributed by atoms with Gasteiger partial charge in [-0.25, -0.2) is 0 Å². The first-order chi connectivity index (χ1) is 8.10. The Hall–Kier alpha value is -0.900. The van der Waals surface area contributed by atoms with Crippen LogP contribution in [0.2, 0.25) is 0 Å². The molecule has 0 amide bonds. The van der Waals surface area contributed by atoms with Gasteiger partial charge in [0.2, 0.25) is 5.89 Å². The van der Waals surface area contributed by atoms with Crippen LogP contribution >= 0.6 is 0 Å². The Morgan fingerprint density at radius 2 is 1.88 bits per heavy atom. The number of nitrogens with two attached hydrogens (primary N) is 1. The predicted molar refractivity (Wildman–Crippen MR) is 66.4 cm³/mol. The first-order valence-electron chi connectivity index (χ1n) is 6.72. The standard InChI is InChI=1S/C13H23N3O/c1-10(2)9-11-15-12(16-17-11)13(14)7-5-3-4-6-8-13/h10H,3-9,14H2,1-2H3. The van der Waals surface area contributed by atoms with Crippen LogP contribution in [0.4, 0.5) is 0 Å². The number of aromatic nitrogens is 2. The molecule has 4 heteroatoms. The summed E-state index contributed by atoms with van der Waals surface area (Å²) in [5, 5.41) is 4.10. The summed E-state index contributed by atoms with van der Waals surface area (Å²) in [7, 11) is 0. The van der Waals surface area contributed by atoms with E-state index in [1.165, 1.54) is 25.7 Å². The lowest BCUT2D eigenvalue weighted by Crippen LogP contribution is -2.37. The number of nitrogens with zero attached hydrogens (tertiary/aromatic N) is 2. The van der Waals surface area contributed by atoms with Crippen molar-refractivity contribution in [2.24, 2.45) is 11.7 Å². The Morgan fingerprint density at radius 1 is 1.24 bits per heavy atom. The molecule has 0 saturated heterocycles. The van der Waals surface area contributed by atoms with Gasteiger partial charge in [-0.15, -0.1) is 0 Å². The molecule has 1 aromatic rings. The van der Waals surface area contributed by atoms with Crippen LogP contribution in [-0.4, -0.2) is 10.1 Å². The van der Waals surface area contributed by atoms with Gasteiger partial charge in [-0.3, -0.25) is 0 Å². The molecule has 1 fully saturated rings. The lowest BCUT2D eigenvalue weighted by molar-refractivity contribution is 0.320. The van der Waals surface area contributed by atoms with E-state index in [1.807, 2.05) is 0 Å². The molecule has 1 saturated carbocycles. The summed E-state index contributed by atoms with van der Waals surface area (Å²) in [6.45, 7) is 4.29. The summed E-state index contributed by atoms with van der Waals surface area (Å²) in [6, 6.07) is 0. The maximum absolute atomic E-state index is 6.44. The van der Waals surface area contributed by atoms with Crippen molar-refractivity contribution >= 4 is 0 Å². The van der Waals surface area contributed by atoms with E-state index < -0.39 is 0 Å². The molecule has 17 heavy (non-hydrogen) atoms. The molecule has 0 unspecified atom stereocenters. The largest absolute Gasteiger partial charge is 0.339 e. The number of rotatable bonds is 3. The van der Waals surface area contributed by atoms with Crippen molar-refractivity contribution in [2.45, 2.75) is 64.3 Å². The van der Waals surface area contributed by atoms with Gasteiger partial charge < -0.3 is 10.3 Å². The minimum atomic E-state index is -0.352. The highest BCUT2D eigenvalue weighted by atomic mass is 16.5. The summed E-state index contributed by atoms with van der Waals surface area (Å²) in [5.41, 5.74) is 6.09. The van der Waals surface area contributed by atoms with E-state index in [-0.39, 0.29) is 5.54 Å². The molecule has 4 nitrogen and oxygen atoms in total. The first-order valence-corrected chi connectivity index (χ1v) is 6.72. The smallest absolute Gasteiger partial charge is 0.226 e. The summed E-state index contributed by atoms with van der Waals surface area (Å²) in [6.07, 6.45) is 7.69. The summed E-state index contributed by atoms with van der Waals surface area (Å²) < 4.78 is 5.29. The first kappa shape index (κ1) is 12.6. The number of hydrogen-bond acceptors (Lipinski definition) is 4. The molecule has 0 atom stereocenters. The van der Waals surface area contributed by atoms with Gasteiger partial charge in [0, 0.05) is 6.42 Å². The molecule has 0 radical (unpaired) electrons. The minimum absolute atomic E-state index is 0.352. The zero-order valence-electron chi connectivity index (χ0n) is 10.9. The van der Waals surface area contributed by atoms with Gasteiger partial charge in [0.25, 0.3) is 0 Å². The Balaban J connectivity index is 2.11. The zero-order chi connectivity index (χ0) is 12.3. The predicted octanol–water partition coefficient (Wildman–Crippen LogP) is 2.78. The van der Waals surface area contributed by atoms with Crippen LogP contribution in [0.5, 0.6) is 0 Å². The Morgan fingerprint density at radius 3 is 2.47 bits per heavy atom. The third-order valence-electron chi connectivity index (χ3n) is 3.49. The maximum Gasteiger partial charge on any atom is 0.226 e. The van der Waals surface area contributed by atoms with Gasteiger partial charge in [0.1, 0.15) is 0 Å². The van der Waals surface area contributed by atoms with Crippen LogP contribution < -0.4 is 5.73 Å². The van der Waals surface area contributed by atoms with Crippen LogP contribution in [0.1, 0.15) is 64.1 Å². The van der Waals surface area contributed by atoms with Crippen molar-refractivity contribution in [3.05, 3.63) is 11.7 Å². The normalized spacial score (nSPS) is 20.5. The van der Waals surface area contributed by atoms with Gasteiger partial charge in [0.05, 0.1) is 5.54 Å². The SMILES string of the molecule is CC(C)Cc1nc(C2(N)CCCCCC2)no1.